The lowest BCUT2D eigenvalue weighted by molar-refractivity contribution is 0.0703. The van der Waals surface area contributed by atoms with Gasteiger partial charge in [0.15, 0.2) is 0 Å². The van der Waals surface area contributed by atoms with E-state index in [0.29, 0.717) is 6.42 Å². The standard InChI is InChI=1S/C12H21NO2S/c1-11(2,3)9-6-16-10(13-9)5-12(4,7-14)8-15/h6,14-15H,5,7-8H2,1-4H3. The second kappa shape index (κ2) is 4.82. The summed E-state index contributed by atoms with van der Waals surface area (Å²) >= 11 is 1.60. The molecule has 4 heteroatoms. The molecule has 0 saturated carbocycles. The molecule has 0 bridgehead atoms. The van der Waals surface area contributed by atoms with E-state index in [-0.39, 0.29) is 18.6 Å². The molecule has 0 amide bonds. The Labute approximate surface area is 101 Å². The molecule has 1 heterocycles. The van der Waals surface area contributed by atoms with E-state index in [1.165, 1.54) is 0 Å². The predicted molar refractivity (Wildman–Crippen MR) is 66.8 cm³/mol. The molecule has 0 aromatic carbocycles. The van der Waals surface area contributed by atoms with Gasteiger partial charge < -0.3 is 10.2 Å². The molecule has 2 N–H and O–H groups in total. The summed E-state index contributed by atoms with van der Waals surface area (Å²) < 4.78 is 0. The third-order valence-electron chi connectivity index (χ3n) is 2.66. The average molecular weight is 243 g/mol. The first kappa shape index (κ1) is 13.6. The van der Waals surface area contributed by atoms with E-state index in [4.69, 9.17) is 0 Å². The predicted octanol–water partition coefficient (Wildman–Crippen LogP) is 1.97. The minimum Gasteiger partial charge on any atom is -0.396 e. The summed E-state index contributed by atoms with van der Waals surface area (Å²) in [5.74, 6) is 0. The summed E-state index contributed by atoms with van der Waals surface area (Å²) in [6.07, 6.45) is 0.626. The van der Waals surface area contributed by atoms with Gasteiger partial charge in [0.25, 0.3) is 0 Å². The Balaban J connectivity index is 2.80. The Hall–Kier alpha value is -0.450. The quantitative estimate of drug-likeness (QED) is 0.850. The van der Waals surface area contributed by atoms with Crippen molar-refractivity contribution < 1.29 is 10.2 Å². The third kappa shape index (κ3) is 3.27. The molecule has 0 aliphatic rings. The minimum absolute atomic E-state index is 0.0199. The van der Waals surface area contributed by atoms with Crippen LogP contribution in [-0.4, -0.2) is 28.4 Å². The van der Waals surface area contributed by atoms with Crippen LogP contribution in [-0.2, 0) is 11.8 Å². The zero-order chi connectivity index (χ0) is 12.4. The number of rotatable bonds is 4. The molecule has 92 valence electrons. The fraction of sp³-hybridized carbons (Fsp3) is 0.750. The Morgan fingerprint density at radius 3 is 2.12 bits per heavy atom. The number of aliphatic hydroxyl groups excluding tert-OH is 2. The monoisotopic (exact) mass is 243 g/mol. The third-order valence-corrected chi connectivity index (χ3v) is 3.51. The zero-order valence-electron chi connectivity index (χ0n) is 10.4. The van der Waals surface area contributed by atoms with Crippen LogP contribution in [0.25, 0.3) is 0 Å². The molecule has 1 rings (SSSR count). The number of aromatic nitrogens is 1. The van der Waals surface area contributed by atoms with E-state index in [0.717, 1.165) is 10.7 Å². The second-order valence-electron chi connectivity index (χ2n) is 5.68. The van der Waals surface area contributed by atoms with Gasteiger partial charge in [0.2, 0.25) is 0 Å². The number of hydrogen-bond donors (Lipinski definition) is 2. The van der Waals surface area contributed by atoms with E-state index in [1.807, 2.05) is 6.92 Å². The molecule has 0 atom stereocenters. The van der Waals surface area contributed by atoms with E-state index < -0.39 is 5.41 Å². The fourth-order valence-corrected chi connectivity index (χ4v) is 2.50. The highest BCUT2D eigenvalue weighted by atomic mass is 32.1. The number of thiazole rings is 1. The summed E-state index contributed by atoms with van der Waals surface area (Å²) in [4.78, 5) is 4.56. The highest BCUT2D eigenvalue weighted by molar-refractivity contribution is 7.09. The van der Waals surface area contributed by atoms with Crippen molar-refractivity contribution in [2.24, 2.45) is 5.41 Å². The van der Waals surface area contributed by atoms with Crippen LogP contribution < -0.4 is 0 Å². The highest BCUT2D eigenvalue weighted by Crippen LogP contribution is 2.28. The van der Waals surface area contributed by atoms with Crippen molar-refractivity contribution in [3.05, 3.63) is 16.1 Å². The molecule has 3 nitrogen and oxygen atoms in total. The Morgan fingerprint density at radius 2 is 1.75 bits per heavy atom. The molecule has 1 aromatic rings. The maximum absolute atomic E-state index is 9.23. The summed E-state index contributed by atoms with van der Waals surface area (Å²) in [6.45, 7) is 8.21. The van der Waals surface area contributed by atoms with Gasteiger partial charge in [-0.3, -0.25) is 0 Å². The van der Waals surface area contributed by atoms with Gasteiger partial charge in [0, 0.05) is 22.6 Å². The molecule has 0 fully saturated rings. The first-order valence-electron chi connectivity index (χ1n) is 5.47. The maximum atomic E-state index is 9.23. The van der Waals surface area contributed by atoms with Crippen molar-refractivity contribution in [1.29, 1.82) is 0 Å². The van der Waals surface area contributed by atoms with Crippen molar-refractivity contribution in [3.63, 3.8) is 0 Å². The van der Waals surface area contributed by atoms with E-state index in [2.05, 4.69) is 31.1 Å². The van der Waals surface area contributed by atoms with Crippen molar-refractivity contribution in [1.82, 2.24) is 4.98 Å². The van der Waals surface area contributed by atoms with E-state index in [1.54, 1.807) is 11.3 Å². The Bertz CT molecular complexity index is 337. The SMILES string of the molecule is CC(CO)(CO)Cc1nc(C(C)(C)C)cs1. The van der Waals surface area contributed by atoms with Gasteiger partial charge in [-0.05, 0) is 0 Å². The first-order chi connectivity index (χ1) is 7.30. The lowest BCUT2D eigenvalue weighted by Crippen LogP contribution is -2.28. The lowest BCUT2D eigenvalue weighted by Gasteiger charge is -2.23. The number of aliphatic hydroxyl groups is 2. The molecule has 0 saturated heterocycles. The first-order valence-corrected chi connectivity index (χ1v) is 6.35. The van der Waals surface area contributed by atoms with Gasteiger partial charge >= 0.3 is 0 Å². The summed E-state index contributed by atoms with van der Waals surface area (Å²) in [5.41, 5.74) is 0.669. The van der Waals surface area contributed by atoms with Crippen LogP contribution in [0, 0.1) is 5.41 Å². The van der Waals surface area contributed by atoms with Crippen molar-refractivity contribution in [2.75, 3.05) is 13.2 Å². The molecule has 1 aromatic heterocycles. The highest BCUT2D eigenvalue weighted by Gasteiger charge is 2.25. The van der Waals surface area contributed by atoms with Gasteiger partial charge in [-0.1, -0.05) is 27.7 Å². The molecule has 0 radical (unpaired) electrons. The van der Waals surface area contributed by atoms with Crippen molar-refractivity contribution in [3.8, 4) is 0 Å². The van der Waals surface area contributed by atoms with Crippen LogP contribution in [0.5, 0.6) is 0 Å². The van der Waals surface area contributed by atoms with Gasteiger partial charge in [0.05, 0.1) is 23.9 Å². The Morgan fingerprint density at radius 1 is 1.19 bits per heavy atom. The van der Waals surface area contributed by atoms with E-state index >= 15 is 0 Å². The normalized spacial score (nSPS) is 13.1. The summed E-state index contributed by atoms with van der Waals surface area (Å²) in [5, 5.41) is 21.5. The van der Waals surface area contributed by atoms with Gasteiger partial charge in [-0.15, -0.1) is 11.3 Å². The maximum Gasteiger partial charge on any atom is 0.0935 e. The molecular weight excluding hydrogens is 222 g/mol. The molecule has 0 unspecified atom stereocenters. The van der Waals surface area contributed by atoms with Crippen LogP contribution in [0.15, 0.2) is 5.38 Å². The van der Waals surface area contributed by atoms with Gasteiger partial charge in [-0.2, -0.15) is 0 Å². The topological polar surface area (TPSA) is 53.4 Å². The van der Waals surface area contributed by atoms with Gasteiger partial charge in [0.1, 0.15) is 0 Å². The van der Waals surface area contributed by atoms with Crippen LogP contribution in [0.2, 0.25) is 0 Å². The van der Waals surface area contributed by atoms with Gasteiger partial charge in [-0.25, -0.2) is 4.98 Å². The average Bonchev–Trinajstić information content (AvgIpc) is 2.65. The van der Waals surface area contributed by atoms with Crippen LogP contribution in [0.3, 0.4) is 0 Å². The smallest absolute Gasteiger partial charge is 0.0935 e. The van der Waals surface area contributed by atoms with Crippen molar-refractivity contribution >= 4 is 11.3 Å². The fourth-order valence-electron chi connectivity index (χ4n) is 1.26. The molecule has 0 aliphatic heterocycles. The number of nitrogens with zero attached hydrogens (tertiary/aromatic N) is 1. The molecular formula is C12H21NO2S. The largest absolute Gasteiger partial charge is 0.396 e. The zero-order valence-corrected chi connectivity index (χ0v) is 11.3. The van der Waals surface area contributed by atoms with Crippen LogP contribution in [0.1, 0.15) is 38.4 Å². The summed E-state index contributed by atoms with van der Waals surface area (Å²) in [6, 6.07) is 0. The molecule has 0 spiro atoms. The van der Waals surface area contributed by atoms with Crippen LogP contribution >= 0.6 is 11.3 Å². The van der Waals surface area contributed by atoms with Crippen LogP contribution in [0.4, 0.5) is 0 Å². The number of hydrogen-bond acceptors (Lipinski definition) is 4. The Kier molecular flexibility index (Phi) is 4.10. The minimum atomic E-state index is -0.465. The second-order valence-corrected chi connectivity index (χ2v) is 6.62. The van der Waals surface area contributed by atoms with E-state index in [9.17, 15) is 10.2 Å². The summed E-state index contributed by atoms with van der Waals surface area (Å²) in [7, 11) is 0. The lowest BCUT2D eigenvalue weighted by atomic mass is 9.89. The molecule has 16 heavy (non-hydrogen) atoms. The molecule has 0 aliphatic carbocycles. The van der Waals surface area contributed by atoms with Crippen molar-refractivity contribution in [2.45, 2.75) is 39.5 Å².